The molecular formula is C14H13BrN4O. The molecule has 0 saturated carbocycles. The van der Waals surface area contributed by atoms with Crippen molar-refractivity contribution in [3.8, 4) is 0 Å². The van der Waals surface area contributed by atoms with E-state index in [-0.39, 0.29) is 5.91 Å². The normalized spacial score (nSPS) is 9.85. The zero-order valence-corrected chi connectivity index (χ0v) is 12.2. The lowest BCUT2D eigenvalue weighted by Gasteiger charge is -2.06. The van der Waals surface area contributed by atoms with Crippen molar-refractivity contribution in [2.24, 2.45) is 0 Å². The molecule has 0 aliphatic carbocycles. The first-order valence-corrected chi connectivity index (χ1v) is 6.72. The van der Waals surface area contributed by atoms with Gasteiger partial charge in [-0.05, 0) is 18.2 Å². The van der Waals surface area contributed by atoms with Crippen molar-refractivity contribution in [1.29, 1.82) is 0 Å². The molecule has 1 aromatic heterocycles. The number of nitrogens with zero attached hydrogens (tertiary/aromatic N) is 2. The van der Waals surface area contributed by atoms with Gasteiger partial charge in [-0.15, -0.1) is 6.58 Å². The Morgan fingerprint density at radius 2 is 2.10 bits per heavy atom. The summed E-state index contributed by atoms with van der Waals surface area (Å²) in [5.74, 6) is 0.210. The van der Waals surface area contributed by atoms with E-state index in [4.69, 9.17) is 0 Å². The molecule has 102 valence electrons. The lowest BCUT2D eigenvalue weighted by atomic mass is 10.3. The molecule has 0 saturated heterocycles. The maximum atomic E-state index is 11.7. The summed E-state index contributed by atoms with van der Waals surface area (Å²) in [6.45, 7) is 3.95. The van der Waals surface area contributed by atoms with E-state index in [1.807, 2.05) is 24.3 Å². The third kappa shape index (κ3) is 3.89. The van der Waals surface area contributed by atoms with Crippen molar-refractivity contribution >= 4 is 33.5 Å². The molecule has 6 heteroatoms. The van der Waals surface area contributed by atoms with Gasteiger partial charge in [0.2, 0.25) is 5.95 Å². The molecule has 0 radical (unpaired) electrons. The van der Waals surface area contributed by atoms with Crippen LogP contribution in [0, 0.1) is 0 Å². The number of amides is 1. The highest BCUT2D eigenvalue weighted by Gasteiger charge is 2.06. The van der Waals surface area contributed by atoms with Crippen LogP contribution in [0.25, 0.3) is 0 Å². The minimum absolute atomic E-state index is 0.223. The fourth-order valence-corrected chi connectivity index (χ4v) is 1.87. The van der Waals surface area contributed by atoms with E-state index < -0.39 is 0 Å². The SMILES string of the molecule is C=CCNC(=O)c1cnc(Nc2cccc(Br)c2)nc1. The number of carbonyl (C=O) groups excluding carboxylic acids is 1. The van der Waals surface area contributed by atoms with Gasteiger partial charge in [-0.25, -0.2) is 9.97 Å². The molecule has 0 atom stereocenters. The first kappa shape index (κ1) is 14.2. The standard InChI is InChI=1S/C14H13BrN4O/c1-2-6-16-13(20)10-8-17-14(18-9-10)19-12-5-3-4-11(15)7-12/h2-5,7-9H,1,6H2,(H,16,20)(H,17,18,19). The Bertz CT molecular complexity index is 613. The van der Waals surface area contributed by atoms with Gasteiger partial charge in [0.05, 0.1) is 5.56 Å². The Kier molecular flexibility index (Phi) is 4.84. The highest BCUT2D eigenvalue weighted by molar-refractivity contribution is 9.10. The summed E-state index contributed by atoms with van der Waals surface area (Å²) < 4.78 is 0.961. The van der Waals surface area contributed by atoms with E-state index in [1.165, 1.54) is 12.4 Å². The van der Waals surface area contributed by atoms with Crippen molar-refractivity contribution in [1.82, 2.24) is 15.3 Å². The minimum Gasteiger partial charge on any atom is -0.348 e. The van der Waals surface area contributed by atoms with Crippen LogP contribution in [0.15, 0.2) is 53.8 Å². The molecule has 5 nitrogen and oxygen atoms in total. The largest absolute Gasteiger partial charge is 0.348 e. The molecular weight excluding hydrogens is 320 g/mol. The molecule has 2 aromatic rings. The van der Waals surface area contributed by atoms with Crippen molar-refractivity contribution < 1.29 is 4.79 Å². The molecule has 0 aliphatic heterocycles. The molecule has 2 N–H and O–H groups in total. The highest BCUT2D eigenvalue weighted by atomic mass is 79.9. The molecule has 2 rings (SSSR count). The van der Waals surface area contributed by atoms with Crippen LogP contribution in [0.3, 0.4) is 0 Å². The van der Waals surface area contributed by atoms with E-state index in [1.54, 1.807) is 6.08 Å². The maximum Gasteiger partial charge on any atom is 0.254 e. The fourth-order valence-electron chi connectivity index (χ4n) is 1.47. The molecule has 0 aliphatic rings. The van der Waals surface area contributed by atoms with Crippen LogP contribution in [0.4, 0.5) is 11.6 Å². The van der Waals surface area contributed by atoms with Crippen LogP contribution in [-0.4, -0.2) is 22.4 Å². The quantitative estimate of drug-likeness (QED) is 0.826. The summed E-state index contributed by atoms with van der Waals surface area (Å²) in [6, 6.07) is 7.65. The number of hydrogen-bond donors (Lipinski definition) is 2. The van der Waals surface area contributed by atoms with Crippen LogP contribution >= 0.6 is 15.9 Å². The maximum absolute atomic E-state index is 11.7. The second-order valence-corrected chi connectivity index (χ2v) is 4.85. The molecule has 0 unspecified atom stereocenters. The molecule has 1 aromatic carbocycles. The van der Waals surface area contributed by atoms with Crippen molar-refractivity contribution in [2.45, 2.75) is 0 Å². The Balaban J connectivity index is 2.04. The van der Waals surface area contributed by atoms with Gasteiger partial charge in [0.15, 0.2) is 0 Å². The van der Waals surface area contributed by atoms with Gasteiger partial charge < -0.3 is 10.6 Å². The van der Waals surface area contributed by atoms with E-state index in [0.29, 0.717) is 18.1 Å². The fraction of sp³-hybridized carbons (Fsp3) is 0.0714. The van der Waals surface area contributed by atoms with Gasteiger partial charge in [-0.2, -0.15) is 0 Å². The average Bonchev–Trinajstić information content (AvgIpc) is 2.45. The van der Waals surface area contributed by atoms with Crippen LogP contribution in [0.2, 0.25) is 0 Å². The number of halogens is 1. The highest BCUT2D eigenvalue weighted by Crippen LogP contribution is 2.18. The van der Waals surface area contributed by atoms with Crippen LogP contribution in [0.5, 0.6) is 0 Å². The summed E-state index contributed by atoms with van der Waals surface area (Å²) in [5.41, 5.74) is 1.27. The zero-order valence-electron chi connectivity index (χ0n) is 10.6. The van der Waals surface area contributed by atoms with Gasteiger partial charge in [0, 0.05) is 29.1 Å². The van der Waals surface area contributed by atoms with Crippen molar-refractivity contribution in [3.63, 3.8) is 0 Å². The molecule has 1 amide bonds. The van der Waals surface area contributed by atoms with E-state index in [0.717, 1.165) is 10.2 Å². The number of rotatable bonds is 5. The topological polar surface area (TPSA) is 66.9 Å². The van der Waals surface area contributed by atoms with Crippen LogP contribution < -0.4 is 10.6 Å². The van der Waals surface area contributed by atoms with Gasteiger partial charge in [-0.1, -0.05) is 28.1 Å². The molecule has 0 bridgehead atoms. The first-order chi connectivity index (χ1) is 9.69. The molecule has 0 spiro atoms. The summed E-state index contributed by atoms with van der Waals surface area (Å²) >= 11 is 3.39. The monoisotopic (exact) mass is 332 g/mol. The Morgan fingerprint density at radius 1 is 1.35 bits per heavy atom. The lowest BCUT2D eigenvalue weighted by molar-refractivity contribution is 0.0957. The van der Waals surface area contributed by atoms with E-state index in [2.05, 4.69) is 43.1 Å². The van der Waals surface area contributed by atoms with Gasteiger partial charge in [-0.3, -0.25) is 4.79 Å². The van der Waals surface area contributed by atoms with Gasteiger partial charge in [0.25, 0.3) is 5.91 Å². The number of hydrogen-bond acceptors (Lipinski definition) is 4. The van der Waals surface area contributed by atoms with Crippen LogP contribution in [0.1, 0.15) is 10.4 Å². The summed E-state index contributed by atoms with van der Waals surface area (Å²) in [4.78, 5) is 19.9. The predicted molar refractivity (Wildman–Crippen MR) is 82.0 cm³/mol. The van der Waals surface area contributed by atoms with Gasteiger partial charge >= 0.3 is 0 Å². The van der Waals surface area contributed by atoms with Crippen molar-refractivity contribution in [3.05, 3.63) is 59.4 Å². The van der Waals surface area contributed by atoms with Gasteiger partial charge in [0.1, 0.15) is 0 Å². The lowest BCUT2D eigenvalue weighted by Crippen LogP contribution is -2.23. The van der Waals surface area contributed by atoms with E-state index in [9.17, 15) is 4.79 Å². The summed E-state index contributed by atoms with van der Waals surface area (Å²) in [5, 5.41) is 5.72. The zero-order chi connectivity index (χ0) is 14.4. The molecule has 20 heavy (non-hydrogen) atoms. The predicted octanol–water partition coefficient (Wildman–Crippen LogP) is 2.90. The Labute approximate surface area is 125 Å². The molecule has 1 heterocycles. The third-order valence-electron chi connectivity index (χ3n) is 2.40. The first-order valence-electron chi connectivity index (χ1n) is 5.93. The number of benzene rings is 1. The summed E-state index contributed by atoms with van der Waals surface area (Å²) in [6.07, 6.45) is 4.57. The smallest absolute Gasteiger partial charge is 0.254 e. The van der Waals surface area contributed by atoms with E-state index >= 15 is 0 Å². The Hall–Kier alpha value is -2.21. The second kappa shape index (κ2) is 6.81. The second-order valence-electron chi connectivity index (χ2n) is 3.93. The average molecular weight is 333 g/mol. The number of nitrogens with one attached hydrogen (secondary N) is 2. The van der Waals surface area contributed by atoms with Crippen molar-refractivity contribution in [2.75, 3.05) is 11.9 Å². The number of carbonyl (C=O) groups is 1. The Morgan fingerprint density at radius 3 is 2.75 bits per heavy atom. The third-order valence-corrected chi connectivity index (χ3v) is 2.89. The summed E-state index contributed by atoms with van der Waals surface area (Å²) in [7, 11) is 0. The number of aromatic nitrogens is 2. The minimum atomic E-state index is -0.223. The van der Waals surface area contributed by atoms with Crippen LogP contribution in [-0.2, 0) is 0 Å². The molecule has 0 fully saturated rings. The number of anilines is 2.